The number of nitrogens with one attached hydrogen (secondary N) is 1. The first-order valence-corrected chi connectivity index (χ1v) is 9.62. The maximum Gasteiger partial charge on any atom is 0.0890 e. The Morgan fingerprint density at radius 3 is 3.19 bits per heavy atom. The minimum atomic E-state index is 0.480. The van der Waals surface area contributed by atoms with Crippen molar-refractivity contribution >= 4 is 23.2 Å². The van der Waals surface area contributed by atoms with Crippen LogP contribution in [-0.2, 0) is 0 Å². The summed E-state index contributed by atoms with van der Waals surface area (Å²) >= 11 is 0. The van der Waals surface area contributed by atoms with Crippen LogP contribution in [0.3, 0.4) is 0 Å². The van der Waals surface area contributed by atoms with Gasteiger partial charge in [0.05, 0.1) is 24.0 Å². The smallest absolute Gasteiger partial charge is 0.0890 e. The van der Waals surface area contributed by atoms with Crippen molar-refractivity contribution < 1.29 is 0 Å². The zero-order valence-electron chi connectivity index (χ0n) is 15.4. The molecule has 2 aliphatic heterocycles. The van der Waals surface area contributed by atoms with E-state index in [0.717, 1.165) is 50.3 Å². The van der Waals surface area contributed by atoms with Gasteiger partial charge in [-0.3, -0.25) is 15.0 Å². The van der Waals surface area contributed by atoms with Crippen LogP contribution in [0.4, 0.5) is 5.69 Å². The molecule has 1 aromatic heterocycles. The topological polar surface area (TPSA) is 52.9 Å². The monoisotopic (exact) mass is 349 g/mol. The van der Waals surface area contributed by atoms with Crippen molar-refractivity contribution in [3.63, 3.8) is 0 Å². The van der Waals surface area contributed by atoms with Crippen LogP contribution < -0.4 is 5.32 Å². The highest BCUT2D eigenvalue weighted by Crippen LogP contribution is 2.37. The maximum absolute atomic E-state index is 4.71. The van der Waals surface area contributed by atoms with Crippen LogP contribution in [0.15, 0.2) is 46.7 Å². The van der Waals surface area contributed by atoms with Crippen LogP contribution in [0.5, 0.6) is 0 Å². The van der Waals surface area contributed by atoms with E-state index in [1.165, 1.54) is 17.7 Å². The molecule has 0 saturated carbocycles. The van der Waals surface area contributed by atoms with Crippen LogP contribution in [0.25, 0.3) is 5.57 Å². The lowest BCUT2D eigenvalue weighted by atomic mass is 9.85. The first kappa shape index (κ1) is 17.0. The lowest BCUT2D eigenvalue weighted by Crippen LogP contribution is -2.29. The normalized spacial score (nSPS) is 26.1. The molecule has 0 saturated heterocycles. The van der Waals surface area contributed by atoms with E-state index >= 15 is 0 Å². The number of nitrogens with zero attached hydrogens (tertiary/aromatic N) is 4. The molecule has 4 rings (SSSR count). The largest absolute Gasteiger partial charge is 0.381 e. The van der Waals surface area contributed by atoms with Gasteiger partial charge in [-0.2, -0.15) is 0 Å². The van der Waals surface area contributed by atoms with Crippen LogP contribution in [-0.4, -0.2) is 54.5 Å². The number of hydrogen-bond acceptors (Lipinski definition) is 5. The molecule has 1 aliphatic carbocycles. The Morgan fingerprint density at radius 1 is 1.35 bits per heavy atom. The Balaban J connectivity index is 1.42. The van der Waals surface area contributed by atoms with E-state index in [2.05, 4.69) is 51.7 Å². The van der Waals surface area contributed by atoms with Crippen LogP contribution in [0.2, 0.25) is 0 Å². The Morgan fingerprint density at radius 2 is 2.31 bits per heavy atom. The van der Waals surface area contributed by atoms with Gasteiger partial charge in [0.2, 0.25) is 0 Å². The van der Waals surface area contributed by atoms with E-state index in [1.807, 2.05) is 18.5 Å². The van der Waals surface area contributed by atoms with Gasteiger partial charge < -0.3 is 10.2 Å². The summed E-state index contributed by atoms with van der Waals surface area (Å²) in [5, 5.41) is 3.55. The number of aliphatic imine (C=N–C) groups is 2. The predicted octanol–water partition coefficient (Wildman–Crippen LogP) is 3.42. The van der Waals surface area contributed by atoms with E-state index in [0.29, 0.717) is 12.0 Å². The molecular weight excluding hydrogens is 322 g/mol. The molecule has 3 heterocycles. The highest BCUT2D eigenvalue weighted by atomic mass is 15.1. The number of hydrogen-bond donors (Lipinski definition) is 1. The summed E-state index contributed by atoms with van der Waals surface area (Å²) in [7, 11) is 2.16. The molecule has 0 bridgehead atoms. The van der Waals surface area contributed by atoms with Gasteiger partial charge in [-0.05, 0) is 36.7 Å². The average molecular weight is 349 g/mol. The van der Waals surface area contributed by atoms with Gasteiger partial charge in [0.25, 0.3) is 0 Å². The molecule has 2 unspecified atom stereocenters. The fraction of sp³-hybridized carbons (Fsp3) is 0.476. The Bertz CT molecular complexity index is 761. The highest BCUT2D eigenvalue weighted by Gasteiger charge is 2.29. The van der Waals surface area contributed by atoms with Crippen molar-refractivity contribution in [2.24, 2.45) is 15.9 Å². The van der Waals surface area contributed by atoms with Gasteiger partial charge in [0.1, 0.15) is 0 Å². The first-order valence-electron chi connectivity index (χ1n) is 9.62. The van der Waals surface area contributed by atoms with Crippen molar-refractivity contribution in [1.82, 2.24) is 9.88 Å². The predicted molar refractivity (Wildman–Crippen MR) is 109 cm³/mol. The van der Waals surface area contributed by atoms with E-state index in [9.17, 15) is 0 Å². The molecule has 1 N–H and O–H groups in total. The third-order valence-corrected chi connectivity index (χ3v) is 5.46. The van der Waals surface area contributed by atoms with Crippen molar-refractivity contribution in [2.45, 2.75) is 31.7 Å². The summed E-state index contributed by atoms with van der Waals surface area (Å²) < 4.78 is 0. The fourth-order valence-corrected chi connectivity index (χ4v) is 3.99. The molecule has 136 valence electrons. The molecule has 0 spiro atoms. The average Bonchev–Trinajstić information content (AvgIpc) is 3.07. The van der Waals surface area contributed by atoms with Crippen LogP contribution in [0, 0.1) is 5.92 Å². The van der Waals surface area contributed by atoms with Gasteiger partial charge in [0, 0.05) is 57.0 Å². The standard InChI is InChI=1S/C21H27N5/c1-26-14-8-16-4-5-17(15-20(16)26)21-19(3-2-9-25-21)24-13-12-23-18-6-10-22-11-7-18/h2-3,8-10,14-16,20,24H,4-7,11-13H2,1H3. The molecular formula is C21H27N5. The molecule has 0 amide bonds. The number of rotatable bonds is 5. The zero-order valence-corrected chi connectivity index (χ0v) is 15.4. The third-order valence-electron chi connectivity index (χ3n) is 5.46. The second-order valence-electron chi connectivity index (χ2n) is 7.21. The van der Waals surface area contributed by atoms with Gasteiger partial charge in [-0.25, -0.2) is 0 Å². The van der Waals surface area contributed by atoms with Gasteiger partial charge in [0.15, 0.2) is 0 Å². The molecule has 0 aromatic carbocycles. The molecule has 5 nitrogen and oxygen atoms in total. The van der Waals surface area contributed by atoms with Crippen molar-refractivity contribution in [1.29, 1.82) is 0 Å². The van der Waals surface area contributed by atoms with Crippen molar-refractivity contribution in [3.05, 3.63) is 42.4 Å². The third kappa shape index (κ3) is 3.71. The molecule has 0 fully saturated rings. The Hall–Kier alpha value is -2.43. The summed E-state index contributed by atoms with van der Waals surface area (Å²) in [5.41, 5.74) is 4.85. The number of likely N-dealkylation sites (N-methyl/N-ethyl adjacent to an activating group) is 1. The molecule has 5 heteroatoms. The second kappa shape index (κ2) is 7.85. The van der Waals surface area contributed by atoms with Gasteiger partial charge >= 0.3 is 0 Å². The van der Waals surface area contributed by atoms with Crippen LogP contribution >= 0.6 is 0 Å². The summed E-state index contributed by atoms with van der Waals surface area (Å²) in [5.74, 6) is 0.652. The minimum Gasteiger partial charge on any atom is -0.381 e. The lowest BCUT2D eigenvalue weighted by Gasteiger charge is -2.29. The number of allylic oxidation sites excluding steroid dienone is 1. The summed E-state index contributed by atoms with van der Waals surface area (Å²) in [6.45, 7) is 2.52. The second-order valence-corrected chi connectivity index (χ2v) is 7.21. The van der Waals surface area contributed by atoms with E-state index in [4.69, 9.17) is 4.99 Å². The maximum atomic E-state index is 4.71. The van der Waals surface area contributed by atoms with E-state index in [-0.39, 0.29) is 0 Å². The van der Waals surface area contributed by atoms with Gasteiger partial charge in [-0.1, -0.05) is 12.2 Å². The van der Waals surface area contributed by atoms with Crippen molar-refractivity contribution in [2.75, 3.05) is 32.0 Å². The first-order chi connectivity index (χ1) is 12.8. The zero-order chi connectivity index (χ0) is 17.8. The SMILES string of the molecule is CN1C=CC2CCC(c3ncccc3NCCN=C3CC=NCC3)=CC21. The summed E-state index contributed by atoms with van der Waals surface area (Å²) in [6.07, 6.45) is 15.0. The highest BCUT2D eigenvalue weighted by molar-refractivity contribution is 5.97. The fourth-order valence-electron chi connectivity index (χ4n) is 3.99. The summed E-state index contributed by atoms with van der Waals surface area (Å²) in [6, 6.07) is 4.62. The number of anilines is 1. The number of fused-ring (bicyclic) bond motifs is 1. The molecule has 26 heavy (non-hydrogen) atoms. The van der Waals surface area contributed by atoms with Gasteiger partial charge in [-0.15, -0.1) is 0 Å². The Kier molecular flexibility index (Phi) is 5.14. The minimum absolute atomic E-state index is 0.480. The molecule has 2 atom stereocenters. The number of pyridine rings is 1. The molecule has 1 aromatic rings. The van der Waals surface area contributed by atoms with E-state index < -0.39 is 0 Å². The number of aromatic nitrogens is 1. The van der Waals surface area contributed by atoms with Crippen LogP contribution in [0.1, 0.15) is 31.4 Å². The van der Waals surface area contributed by atoms with E-state index in [1.54, 1.807) is 0 Å². The Labute approximate surface area is 155 Å². The lowest BCUT2D eigenvalue weighted by molar-refractivity contribution is 0.337. The van der Waals surface area contributed by atoms with Crippen molar-refractivity contribution in [3.8, 4) is 0 Å². The quantitative estimate of drug-likeness (QED) is 0.829. The molecule has 3 aliphatic rings. The summed E-state index contributed by atoms with van der Waals surface area (Å²) in [4.78, 5) is 16.0. The molecule has 0 radical (unpaired) electrons.